The van der Waals surface area contributed by atoms with Gasteiger partial charge >= 0.3 is 0 Å². The molecule has 0 unspecified atom stereocenters. The Morgan fingerprint density at radius 1 is 1.04 bits per heavy atom. The molecule has 0 amide bonds. The third-order valence-corrected chi connectivity index (χ3v) is 5.10. The summed E-state index contributed by atoms with van der Waals surface area (Å²) in [6.45, 7) is 3.24. The number of aromatic amines is 1. The van der Waals surface area contributed by atoms with Crippen LogP contribution in [-0.4, -0.2) is 40.5 Å². The molecule has 5 heteroatoms. The summed E-state index contributed by atoms with van der Waals surface area (Å²) in [5.41, 5.74) is 2.04. The molecule has 2 N–H and O–H groups in total. The van der Waals surface area contributed by atoms with Crippen molar-refractivity contribution in [2.45, 2.75) is 25.3 Å². The number of rotatable bonds is 5. The SMILES string of the molecule is O=c1[nH]c(NC2CCN(CCc3ccccc3)CC2)nc2ccccc12. The minimum atomic E-state index is -0.0848. The van der Waals surface area contributed by atoms with Gasteiger partial charge in [-0.15, -0.1) is 0 Å². The number of para-hydroxylation sites is 1. The van der Waals surface area contributed by atoms with E-state index in [0.717, 1.165) is 44.4 Å². The molecule has 1 saturated heterocycles. The minimum absolute atomic E-state index is 0.0848. The molecule has 26 heavy (non-hydrogen) atoms. The molecule has 1 aromatic heterocycles. The van der Waals surface area contributed by atoms with Gasteiger partial charge in [-0.05, 0) is 37.0 Å². The van der Waals surface area contributed by atoms with Gasteiger partial charge in [-0.25, -0.2) is 4.98 Å². The van der Waals surface area contributed by atoms with Crippen molar-refractivity contribution in [3.8, 4) is 0 Å². The van der Waals surface area contributed by atoms with Crippen LogP contribution in [0.15, 0.2) is 59.4 Å². The van der Waals surface area contributed by atoms with Crippen LogP contribution in [0.4, 0.5) is 5.95 Å². The number of hydrogen-bond donors (Lipinski definition) is 2. The first kappa shape index (κ1) is 16.8. The summed E-state index contributed by atoms with van der Waals surface area (Å²) in [5, 5.41) is 4.05. The van der Waals surface area contributed by atoms with Gasteiger partial charge in [-0.1, -0.05) is 42.5 Å². The fraction of sp³-hybridized carbons (Fsp3) is 0.333. The Morgan fingerprint density at radius 3 is 2.58 bits per heavy atom. The van der Waals surface area contributed by atoms with Crippen LogP contribution in [0.5, 0.6) is 0 Å². The van der Waals surface area contributed by atoms with Crippen molar-refractivity contribution in [2.24, 2.45) is 0 Å². The molecule has 0 saturated carbocycles. The van der Waals surface area contributed by atoms with E-state index in [1.54, 1.807) is 6.07 Å². The van der Waals surface area contributed by atoms with Crippen molar-refractivity contribution in [1.82, 2.24) is 14.9 Å². The van der Waals surface area contributed by atoms with Crippen LogP contribution in [0.2, 0.25) is 0 Å². The molecule has 134 valence electrons. The standard InChI is InChI=1S/C21H24N4O/c26-20-18-8-4-5-9-19(18)23-21(24-20)22-17-11-14-25(15-12-17)13-10-16-6-2-1-3-7-16/h1-9,17H,10-15H2,(H2,22,23,24,26). The highest BCUT2D eigenvalue weighted by Gasteiger charge is 2.19. The lowest BCUT2D eigenvalue weighted by atomic mass is 10.0. The third-order valence-electron chi connectivity index (χ3n) is 5.10. The lowest BCUT2D eigenvalue weighted by molar-refractivity contribution is 0.221. The molecule has 4 rings (SSSR count). The zero-order chi connectivity index (χ0) is 17.8. The molecular weight excluding hydrogens is 324 g/mol. The molecule has 0 bridgehead atoms. The molecule has 0 atom stereocenters. The largest absolute Gasteiger partial charge is 0.353 e. The molecule has 0 spiro atoms. The maximum absolute atomic E-state index is 12.2. The average molecular weight is 348 g/mol. The Bertz CT molecular complexity index is 914. The number of nitrogens with one attached hydrogen (secondary N) is 2. The highest BCUT2D eigenvalue weighted by Crippen LogP contribution is 2.16. The lowest BCUT2D eigenvalue weighted by Crippen LogP contribution is -2.40. The van der Waals surface area contributed by atoms with E-state index in [2.05, 4.69) is 50.5 Å². The number of fused-ring (bicyclic) bond motifs is 1. The van der Waals surface area contributed by atoms with E-state index in [-0.39, 0.29) is 5.56 Å². The van der Waals surface area contributed by atoms with Crippen LogP contribution in [-0.2, 0) is 6.42 Å². The molecule has 0 radical (unpaired) electrons. The number of piperidine rings is 1. The van der Waals surface area contributed by atoms with Crippen LogP contribution < -0.4 is 10.9 Å². The maximum atomic E-state index is 12.2. The van der Waals surface area contributed by atoms with E-state index >= 15 is 0 Å². The fourth-order valence-corrected chi connectivity index (χ4v) is 3.58. The van der Waals surface area contributed by atoms with Gasteiger partial charge in [0.15, 0.2) is 0 Å². The normalized spacial score (nSPS) is 16.0. The first-order valence-electron chi connectivity index (χ1n) is 9.30. The van der Waals surface area contributed by atoms with Crippen molar-refractivity contribution >= 4 is 16.9 Å². The molecule has 0 aliphatic carbocycles. The Labute approximate surface area is 153 Å². The van der Waals surface area contributed by atoms with Crippen molar-refractivity contribution in [1.29, 1.82) is 0 Å². The average Bonchev–Trinajstić information content (AvgIpc) is 2.68. The minimum Gasteiger partial charge on any atom is -0.353 e. The summed E-state index contributed by atoms with van der Waals surface area (Å²) >= 11 is 0. The molecular formula is C21H24N4O. The summed E-state index contributed by atoms with van der Waals surface area (Å²) < 4.78 is 0. The van der Waals surface area contributed by atoms with Gasteiger partial charge in [0, 0.05) is 25.7 Å². The Kier molecular flexibility index (Phi) is 4.97. The summed E-state index contributed by atoms with van der Waals surface area (Å²) in [4.78, 5) is 22.1. The number of benzene rings is 2. The Hall–Kier alpha value is -2.66. The quantitative estimate of drug-likeness (QED) is 0.744. The molecule has 2 aromatic carbocycles. The van der Waals surface area contributed by atoms with Crippen LogP contribution in [0.1, 0.15) is 18.4 Å². The predicted octanol–water partition coefficient (Wildman–Crippen LogP) is 3.04. The summed E-state index contributed by atoms with van der Waals surface area (Å²) in [6.07, 6.45) is 3.22. The molecule has 2 heterocycles. The number of anilines is 1. The first-order chi connectivity index (χ1) is 12.8. The van der Waals surface area contributed by atoms with E-state index in [1.807, 2.05) is 18.2 Å². The van der Waals surface area contributed by atoms with Gasteiger partial charge in [0.05, 0.1) is 10.9 Å². The monoisotopic (exact) mass is 348 g/mol. The van der Waals surface area contributed by atoms with E-state index in [1.165, 1.54) is 5.56 Å². The van der Waals surface area contributed by atoms with E-state index in [9.17, 15) is 4.79 Å². The molecule has 3 aromatic rings. The van der Waals surface area contributed by atoms with Gasteiger partial charge in [0.25, 0.3) is 5.56 Å². The summed E-state index contributed by atoms with van der Waals surface area (Å²) in [7, 11) is 0. The topological polar surface area (TPSA) is 61.0 Å². The van der Waals surface area contributed by atoms with Crippen molar-refractivity contribution in [3.05, 3.63) is 70.5 Å². The van der Waals surface area contributed by atoms with Gasteiger partial charge in [0.2, 0.25) is 5.95 Å². The summed E-state index contributed by atoms with van der Waals surface area (Å²) in [6, 6.07) is 18.4. The smallest absolute Gasteiger partial charge is 0.260 e. The maximum Gasteiger partial charge on any atom is 0.260 e. The van der Waals surface area contributed by atoms with Crippen LogP contribution in [0, 0.1) is 0 Å². The van der Waals surface area contributed by atoms with E-state index in [4.69, 9.17) is 0 Å². The second kappa shape index (κ2) is 7.70. The van der Waals surface area contributed by atoms with Crippen LogP contribution in [0.25, 0.3) is 10.9 Å². The predicted molar refractivity (Wildman–Crippen MR) is 106 cm³/mol. The molecule has 1 aliphatic heterocycles. The number of likely N-dealkylation sites (tertiary alicyclic amines) is 1. The first-order valence-corrected chi connectivity index (χ1v) is 9.30. The second-order valence-corrected chi connectivity index (χ2v) is 6.93. The molecule has 1 aliphatic rings. The van der Waals surface area contributed by atoms with Crippen molar-refractivity contribution in [2.75, 3.05) is 25.0 Å². The Balaban J connectivity index is 1.32. The van der Waals surface area contributed by atoms with Gasteiger partial charge < -0.3 is 10.2 Å². The number of nitrogens with zero attached hydrogens (tertiary/aromatic N) is 2. The highest BCUT2D eigenvalue weighted by atomic mass is 16.1. The lowest BCUT2D eigenvalue weighted by Gasteiger charge is -2.32. The second-order valence-electron chi connectivity index (χ2n) is 6.93. The van der Waals surface area contributed by atoms with Gasteiger partial charge in [-0.2, -0.15) is 0 Å². The Morgan fingerprint density at radius 2 is 1.77 bits per heavy atom. The van der Waals surface area contributed by atoms with E-state index in [0.29, 0.717) is 17.4 Å². The van der Waals surface area contributed by atoms with Crippen molar-refractivity contribution < 1.29 is 0 Å². The number of H-pyrrole nitrogens is 1. The van der Waals surface area contributed by atoms with E-state index < -0.39 is 0 Å². The van der Waals surface area contributed by atoms with Gasteiger partial charge in [0.1, 0.15) is 0 Å². The van der Waals surface area contributed by atoms with Crippen LogP contribution >= 0.6 is 0 Å². The number of aromatic nitrogens is 2. The zero-order valence-electron chi connectivity index (χ0n) is 14.8. The van der Waals surface area contributed by atoms with Crippen LogP contribution in [0.3, 0.4) is 0 Å². The number of hydrogen-bond acceptors (Lipinski definition) is 4. The highest BCUT2D eigenvalue weighted by molar-refractivity contribution is 5.78. The third kappa shape index (κ3) is 3.94. The fourth-order valence-electron chi connectivity index (χ4n) is 3.58. The summed E-state index contributed by atoms with van der Waals surface area (Å²) in [5.74, 6) is 0.580. The molecule has 1 fully saturated rings. The van der Waals surface area contributed by atoms with Crippen molar-refractivity contribution in [3.63, 3.8) is 0 Å². The zero-order valence-corrected chi connectivity index (χ0v) is 14.8. The van der Waals surface area contributed by atoms with Gasteiger partial charge in [-0.3, -0.25) is 9.78 Å². The molecule has 5 nitrogen and oxygen atoms in total.